The highest BCUT2D eigenvalue weighted by Gasteiger charge is 2.44. The van der Waals surface area contributed by atoms with Gasteiger partial charge < -0.3 is 31.6 Å². The number of nitrogens with two attached hydrogens (primary N) is 2. The second-order valence-corrected chi connectivity index (χ2v) is 19.2. The lowest BCUT2D eigenvalue weighted by Crippen LogP contribution is -2.24. The third-order valence-corrected chi connectivity index (χ3v) is 14.7. The van der Waals surface area contributed by atoms with E-state index in [-0.39, 0.29) is 36.2 Å². The Morgan fingerprint density at radius 3 is 1.24 bits per heavy atom. The van der Waals surface area contributed by atoms with E-state index in [4.69, 9.17) is 44.1 Å². The molecule has 4 aliphatic heterocycles. The highest BCUT2D eigenvalue weighted by molar-refractivity contribution is 6.33. The van der Waals surface area contributed by atoms with Gasteiger partial charge in [0, 0.05) is 56.8 Å². The molecule has 4 unspecified atom stereocenters. The van der Waals surface area contributed by atoms with E-state index in [2.05, 4.69) is 57.0 Å². The molecule has 0 aliphatic carbocycles. The molecule has 6 aromatic carbocycles. The van der Waals surface area contributed by atoms with Crippen LogP contribution in [-0.4, -0.2) is 21.8 Å². The first-order valence-electron chi connectivity index (χ1n) is 23.2. The summed E-state index contributed by atoms with van der Waals surface area (Å²) in [6.07, 6.45) is -0.584. The van der Waals surface area contributed by atoms with Crippen molar-refractivity contribution >= 4 is 46.7 Å². The monoisotopic (exact) mass is 962 g/mol. The van der Waals surface area contributed by atoms with Gasteiger partial charge in [0.25, 0.3) is 11.8 Å². The summed E-state index contributed by atoms with van der Waals surface area (Å²) < 4.78 is 12.7. The lowest BCUT2D eigenvalue weighted by Gasteiger charge is -2.18. The van der Waals surface area contributed by atoms with Crippen molar-refractivity contribution in [3.8, 4) is 22.3 Å². The SMILES string of the molecule is Cc1cc(N)nc(C)c1CNC(=O)c1ccc2c(c1)C1OC2c2cc(-c3ccccc3Cl)ccc21.Cc1cc(N)nc(C)c1CNC(=O)c1ccc2c(c1)C1OC2c2ccc(-c3ccccc3Cl)cc21. The zero-order valence-electron chi connectivity index (χ0n) is 38.9. The van der Waals surface area contributed by atoms with Gasteiger partial charge in [0.1, 0.15) is 36.1 Å². The second kappa shape index (κ2) is 17.9. The number of ether oxygens (including phenoxy) is 2. The molecule has 0 fully saturated rings. The zero-order valence-corrected chi connectivity index (χ0v) is 40.4. The normalized spacial score (nSPS) is 17.2. The Morgan fingerprint density at radius 1 is 0.486 bits per heavy atom. The van der Waals surface area contributed by atoms with Gasteiger partial charge in [0.15, 0.2) is 0 Å². The van der Waals surface area contributed by atoms with Gasteiger partial charge in [-0.25, -0.2) is 9.97 Å². The number of benzene rings is 6. The standard InChI is InChI=1S/2C29H24ClN3O2/c1-15-11-26(31)33-16(2)24(15)14-32-29(34)18-8-10-21-23(13-18)28-20-9-7-17(12-22(20)27(21)35-28)19-5-3-4-6-25(19)30;1-15-11-26(31)33-16(2)24(15)14-32-29(34)18-8-10-21-23(13-18)28-22-12-17(7-9-20(22)27(21)35-28)19-5-3-4-6-25(19)30/h2*3-13,27-28H,14H2,1-2H3,(H2,31,33)(H,32,34). The van der Waals surface area contributed by atoms with Crippen molar-refractivity contribution in [1.29, 1.82) is 0 Å². The number of anilines is 2. The molecule has 12 heteroatoms. The van der Waals surface area contributed by atoms with Gasteiger partial charge in [-0.15, -0.1) is 0 Å². The lowest BCUT2D eigenvalue weighted by atomic mass is 9.84. The number of carbonyl (C=O) groups excluding carboxylic acids is 2. The third-order valence-electron chi connectivity index (χ3n) is 14.0. The number of hydrogen-bond donors (Lipinski definition) is 4. The number of nitrogens with one attached hydrogen (secondary N) is 2. The quantitative estimate of drug-likeness (QED) is 0.117. The van der Waals surface area contributed by atoms with Crippen LogP contribution in [0.25, 0.3) is 22.3 Å². The number of hydrogen-bond acceptors (Lipinski definition) is 8. The number of nitrogens with zero attached hydrogens (tertiary/aromatic N) is 2. The first-order valence-corrected chi connectivity index (χ1v) is 23.9. The van der Waals surface area contributed by atoms with Crippen molar-refractivity contribution in [2.24, 2.45) is 0 Å². The number of rotatable bonds is 8. The van der Waals surface area contributed by atoms with Crippen molar-refractivity contribution in [1.82, 2.24) is 20.6 Å². The summed E-state index contributed by atoms with van der Waals surface area (Å²) in [7, 11) is 0. The summed E-state index contributed by atoms with van der Waals surface area (Å²) in [5, 5.41) is 7.51. The van der Waals surface area contributed by atoms with Crippen LogP contribution < -0.4 is 22.1 Å². The average Bonchev–Trinajstić information content (AvgIpc) is 4.12. The summed E-state index contributed by atoms with van der Waals surface area (Å²) in [6, 6.07) is 43.8. The Morgan fingerprint density at radius 2 is 0.843 bits per heavy atom. The fourth-order valence-electron chi connectivity index (χ4n) is 10.6. The van der Waals surface area contributed by atoms with Gasteiger partial charge in [-0.1, -0.05) is 96.0 Å². The summed E-state index contributed by atoms with van der Waals surface area (Å²) in [5.41, 5.74) is 31.6. The van der Waals surface area contributed by atoms with Gasteiger partial charge in [-0.2, -0.15) is 0 Å². The van der Waals surface area contributed by atoms with Gasteiger partial charge in [0.2, 0.25) is 0 Å². The molecular weight excluding hydrogens is 916 g/mol. The maximum atomic E-state index is 13.0. The molecule has 12 rings (SSSR count). The summed E-state index contributed by atoms with van der Waals surface area (Å²) in [4.78, 5) is 34.6. The minimum Gasteiger partial charge on any atom is -0.384 e. The van der Waals surface area contributed by atoms with Gasteiger partial charge in [0.05, 0.1) is 0 Å². The Hall–Kier alpha value is -7.34. The van der Waals surface area contributed by atoms with Crippen LogP contribution in [0, 0.1) is 27.7 Å². The molecule has 2 aromatic heterocycles. The van der Waals surface area contributed by atoms with Crippen molar-refractivity contribution in [3.63, 3.8) is 0 Å². The van der Waals surface area contributed by atoms with E-state index in [9.17, 15) is 9.59 Å². The number of aryl methyl sites for hydroxylation is 4. The molecule has 6 N–H and O–H groups in total. The number of fused-ring (bicyclic) bond motifs is 16. The van der Waals surface area contributed by atoms with Gasteiger partial charge in [-0.3, -0.25) is 9.59 Å². The van der Waals surface area contributed by atoms with Crippen LogP contribution in [0.15, 0.2) is 133 Å². The predicted octanol–water partition coefficient (Wildman–Crippen LogP) is 12.1. The topological polar surface area (TPSA) is 154 Å². The number of nitrogen functional groups attached to an aromatic ring is 2. The van der Waals surface area contributed by atoms with E-state index in [1.54, 1.807) is 0 Å². The molecule has 0 saturated carbocycles. The molecule has 0 saturated heterocycles. The van der Waals surface area contributed by atoms with E-state index in [1.807, 2.05) is 125 Å². The van der Waals surface area contributed by atoms with Crippen LogP contribution in [-0.2, 0) is 22.6 Å². The summed E-state index contributed by atoms with van der Waals surface area (Å²) in [6.45, 7) is 8.56. The molecule has 4 bridgehead atoms. The third kappa shape index (κ3) is 7.96. The Bertz CT molecular complexity index is 3440. The summed E-state index contributed by atoms with van der Waals surface area (Å²) in [5.74, 6) is 0.724. The highest BCUT2D eigenvalue weighted by atomic mass is 35.5. The van der Waals surface area contributed by atoms with Gasteiger partial charge >= 0.3 is 0 Å². The molecular formula is C58H48Cl2N6O4. The summed E-state index contributed by atoms with van der Waals surface area (Å²) >= 11 is 12.9. The number of carbonyl (C=O) groups is 2. The molecule has 10 nitrogen and oxygen atoms in total. The van der Waals surface area contributed by atoms with Crippen LogP contribution >= 0.6 is 23.2 Å². The molecule has 0 radical (unpaired) electrons. The van der Waals surface area contributed by atoms with Gasteiger partial charge in [-0.05, 0) is 166 Å². The van der Waals surface area contributed by atoms with Crippen molar-refractivity contribution < 1.29 is 19.1 Å². The van der Waals surface area contributed by atoms with Crippen molar-refractivity contribution in [2.75, 3.05) is 11.5 Å². The van der Waals surface area contributed by atoms with Crippen LogP contribution in [0.3, 0.4) is 0 Å². The lowest BCUT2D eigenvalue weighted by molar-refractivity contribution is 0.0856. The van der Waals surface area contributed by atoms with Crippen LogP contribution in [0.1, 0.15) is 123 Å². The predicted molar refractivity (Wildman–Crippen MR) is 275 cm³/mol. The maximum absolute atomic E-state index is 13.0. The Balaban J connectivity index is 0.000000152. The van der Waals surface area contributed by atoms with E-state index >= 15 is 0 Å². The zero-order chi connectivity index (χ0) is 48.5. The molecule has 4 atom stereocenters. The van der Waals surface area contributed by atoms with E-state index in [0.717, 1.165) is 99.3 Å². The van der Waals surface area contributed by atoms with Crippen molar-refractivity contribution in [2.45, 2.75) is 65.2 Å². The number of amides is 2. The number of pyridine rings is 2. The second-order valence-electron chi connectivity index (χ2n) is 18.3. The highest BCUT2D eigenvalue weighted by Crippen LogP contribution is 2.56. The Labute approximate surface area is 416 Å². The molecule has 8 aromatic rings. The number of aromatic nitrogens is 2. The molecule has 348 valence electrons. The first kappa shape index (κ1) is 45.1. The molecule has 6 heterocycles. The first-order chi connectivity index (χ1) is 33.8. The van der Waals surface area contributed by atoms with Crippen LogP contribution in [0.4, 0.5) is 11.6 Å². The van der Waals surface area contributed by atoms with E-state index in [0.29, 0.717) is 35.9 Å². The van der Waals surface area contributed by atoms with Crippen molar-refractivity contribution in [3.05, 3.63) is 233 Å². The van der Waals surface area contributed by atoms with Crippen LogP contribution in [0.2, 0.25) is 10.0 Å². The fourth-order valence-corrected chi connectivity index (χ4v) is 11.0. The minimum absolute atomic E-state index is 0.103. The smallest absolute Gasteiger partial charge is 0.251 e. The number of halogens is 2. The molecule has 70 heavy (non-hydrogen) atoms. The molecule has 0 spiro atoms. The van der Waals surface area contributed by atoms with E-state index < -0.39 is 0 Å². The fraction of sp³-hybridized carbons (Fsp3) is 0.172. The maximum Gasteiger partial charge on any atom is 0.251 e. The average molecular weight is 964 g/mol. The molecule has 2 amide bonds. The Kier molecular flexibility index (Phi) is 11.5. The van der Waals surface area contributed by atoms with E-state index in [1.165, 1.54) is 11.1 Å². The molecule has 4 aliphatic rings. The van der Waals surface area contributed by atoms with Crippen LogP contribution in [0.5, 0.6) is 0 Å². The minimum atomic E-state index is -0.189. The largest absolute Gasteiger partial charge is 0.384 e.